The minimum Gasteiger partial charge on any atom is -0.311 e. The quantitative estimate of drug-likeness (QED) is 0.691. The van der Waals surface area contributed by atoms with Crippen LogP contribution in [0.4, 0.5) is 14.5 Å². The third-order valence-corrected chi connectivity index (χ3v) is 2.31. The predicted molar refractivity (Wildman–Crippen MR) is 51.6 cm³/mol. The number of piperazine rings is 1. The second-order valence-electron chi connectivity index (χ2n) is 3.33. The first-order valence-electron chi connectivity index (χ1n) is 4.61. The van der Waals surface area contributed by atoms with Crippen molar-refractivity contribution in [1.29, 1.82) is 0 Å². The smallest absolute Gasteiger partial charge is 0.311 e. The van der Waals surface area contributed by atoms with E-state index < -0.39 is 6.05 Å². The van der Waals surface area contributed by atoms with E-state index in [2.05, 4.69) is 5.32 Å². The van der Waals surface area contributed by atoms with Crippen LogP contribution >= 0.6 is 0 Å². The fourth-order valence-electron chi connectivity index (χ4n) is 1.61. The second-order valence-corrected chi connectivity index (χ2v) is 3.33. The lowest BCUT2D eigenvalue weighted by Gasteiger charge is -2.37. The summed E-state index contributed by atoms with van der Waals surface area (Å²) in [6.07, 6.45) is 0. The molecule has 1 aromatic carbocycles. The van der Waals surface area contributed by atoms with Crippen LogP contribution in [0.1, 0.15) is 0 Å². The van der Waals surface area contributed by atoms with Crippen molar-refractivity contribution in [1.82, 2.24) is 5.32 Å². The SMILES string of the molecule is FC1(F)CNCCN1c1ccccc1. The van der Waals surface area contributed by atoms with Crippen LogP contribution in [0.15, 0.2) is 30.3 Å². The second kappa shape index (κ2) is 3.53. The molecule has 1 aliphatic rings. The minimum absolute atomic E-state index is 0.276. The standard InChI is InChI=1S/C10H12F2N2/c11-10(12)8-13-6-7-14(10)9-4-2-1-3-5-9/h1-5,13H,6-8H2. The van der Waals surface area contributed by atoms with Gasteiger partial charge in [0.1, 0.15) is 0 Å². The van der Waals surface area contributed by atoms with Crippen LogP contribution in [-0.2, 0) is 0 Å². The van der Waals surface area contributed by atoms with Gasteiger partial charge in [-0.25, -0.2) is 0 Å². The number of hydrogen-bond donors (Lipinski definition) is 1. The molecule has 14 heavy (non-hydrogen) atoms. The molecule has 0 saturated carbocycles. The highest BCUT2D eigenvalue weighted by Gasteiger charge is 2.39. The number of benzene rings is 1. The Bertz CT molecular complexity index is 300. The molecule has 0 amide bonds. The Morgan fingerprint density at radius 2 is 1.93 bits per heavy atom. The molecule has 2 nitrogen and oxygen atoms in total. The molecule has 1 heterocycles. The van der Waals surface area contributed by atoms with E-state index in [1.165, 1.54) is 0 Å². The zero-order chi connectivity index (χ0) is 10.0. The number of anilines is 1. The maximum atomic E-state index is 13.4. The van der Waals surface area contributed by atoms with Gasteiger partial charge in [0.25, 0.3) is 0 Å². The Kier molecular flexibility index (Phi) is 2.37. The van der Waals surface area contributed by atoms with Gasteiger partial charge >= 0.3 is 6.05 Å². The fraction of sp³-hybridized carbons (Fsp3) is 0.400. The van der Waals surface area contributed by atoms with E-state index >= 15 is 0 Å². The van der Waals surface area contributed by atoms with Crippen LogP contribution in [0.5, 0.6) is 0 Å². The number of nitrogens with zero attached hydrogens (tertiary/aromatic N) is 1. The first-order valence-corrected chi connectivity index (χ1v) is 4.61. The molecule has 1 saturated heterocycles. The van der Waals surface area contributed by atoms with Gasteiger partial charge in [0.15, 0.2) is 0 Å². The van der Waals surface area contributed by atoms with Gasteiger partial charge in [0.05, 0.1) is 6.54 Å². The highest BCUT2D eigenvalue weighted by atomic mass is 19.3. The lowest BCUT2D eigenvalue weighted by molar-refractivity contribution is -0.0120. The maximum absolute atomic E-state index is 13.4. The monoisotopic (exact) mass is 198 g/mol. The summed E-state index contributed by atoms with van der Waals surface area (Å²) in [5.41, 5.74) is 0.582. The fourth-order valence-corrected chi connectivity index (χ4v) is 1.61. The zero-order valence-electron chi connectivity index (χ0n) is 7.71. The number of alkyl halides is 2. The van der Waals surface area contributed by atoms with Crippen molar-refractivity contribution >= 4 is 5.69 Å². The van der Waals surface area contributed by atoms with Crippen molar-refractivity contribution in [3.63, 3.8) is 0 Å². The van der Waals surface area contributed by atoms with Crippen molar-refractivity contribution in [2.24, 2.45) is 0 Å². The molecule has 4 heteroatoms. The van der Waals surface area contributed by atoms with Crippen LogP contribution in [0.2, 0.25) is 0 Å². The third kappa shape index (κ3) is 1.70. The van der Waals surface area contributed by atoms with Crippen LogP contribution in [-0.4, -0.2) is 25.7 Å². The Labute approximate surface area is 81.5 Å². The van der Waals surface area contributed by atoms with Gasteiger partial charge in [-0.1, -0.05) is 18.2 Å². The molecule has 0 unspecified atom stereocenters. The molecule has 0 spiro atoms. The molecular weight excluding hydrogens is 186 g/mol. The Morgan fingerprint density at radius 3 is 2.57 bits per heavy atom. The van der Waals surface area contributed by atoms with E-state index in [1.54, 1.807) is 24.3 Å². The molecule has 1 fully saturated rings. The van der Waals surface area contributed by atoms with Crippen LogP contribution < -0.4 is 10.2 Å². The van der Waals surface area contributed by atoms with Crippen LogP contribution in [0.3, 0.4) is 0 Å². The van der Waals surface area contributed by atoms with Crippen molar-refractivity contribution in [2.45, 2.75) is 6.05 Å². The molecule has 2 rings (SSSR count). The predicted octanol–water partition coefficient (Wildman–Crippen LogP) is 1.69. The summed E-state index contributed by atoms with van der Waals surface area (Å²) in [5.74, 6) is 0. The molecule has 0 radical (unpaired) electrons. The van der Waals surface area contributed by atoms with Crippen LogP contribution in [0.25, 0.3) is 0 Å². The molecule has 1 aromatic rings. The van der Waals surface area contributed by atoms with Crippen molar-refractivity contribution in [3.8, 4) is 0 Å². The summed E-state index contributed by atoms with van der Waals surface area (Å²) < 4.78 is 26.8. The van der Waals surface area contributed by atoms with E-state index in [-0.39, 0.29) is 6.54 Å². The Morgan fingerprint density at radius 1 is 1.21 bits per heavy atom. The van der Waals surface area contributed by atoms with Gasteiger partial charge in [-0.15, -0.1) is 0 Å². The van der Waals surface area contributed by atoms with Crippen molar-refractivity contribution in [3.05, 3.63) is 30.3 Å². The molecule has 1 aliphatic heterocycles. The summed E-state index contributed by atoms with van der Waals surface area (Å²) in [6, 6.07) is 6.00. The number of hydrogen-bond acceptors (Lipinski definition) is 2. The number of halogens is 2. The summed E-state index contributed by atoms with van der Waals surface area (Å²) in [6.45, 7) is 0.670. The maximum Gasteiger partial charge on any atom is 0.338 e. The van der Waals surface area contributed by atoms with Gasteiger partial charge in [0, 0.05) is 18.8 Å². The van der Waals surface area contributed by atoms with E-state index in [4.69, 9.17) is 0 Å². The first-order chi connectivity index (χ1) is 6.70. The van der Waals surface area contributed by atoms with Crippen LogP contribution in [0, 0.1) is 0 Å². The first kappa shape index (κ1) is 9.40. The largest absolute Gasteiger partial charge is 0.338 e. The topological polar surface area (TPSA) is 15.3 Å². The van der Waals surface area contributed by atoms with Gasteiger partial charge in [-0.05, 0) is 12.1 Å². The third-order valence-electron chi connectivity index (χ3n) is 2.31. The average molecular weight is 198 g/mol. The Hall–Kier alpha value is -1.16. The van der Waals surface area contributed by atoms with Gasteiger partial charge in [0.2, 0.25) is 0 Å². The summed E-state index contributed by atoms with van der Waals surface area (Å²) >= 11 is 0. The minimum atomic E-state index is -2.78. The number of para-hydroxylation sites is 1. The van der Waals surface area contributed by atoms with Gasteiger partial charge in [-0.3, -0.25) is 0 Å². The van der Waals surface area contributed by atoms with Crippen molar-refractivity contribution in [2.75, 3.05) is 24.5 Å². The molecule has 0 aliphatic carbocycles. The lowest BCUT2D eigenvalue weighted by atomic mass is 10.2. The summed E-state index contributed by atoms with van der Waals surface area (Å²) in [7, 11) is 0. The number of nitrogens with one attached hydrogen (secondary N) is 1. The van der Waals surface area contributed by atoms with Gasteiger partial charge < -0.3 is 10.2 Å². The van der Waals surface area contributed by atoms with Gasteiger partial charge in [-0.2, -0.15) is 8.78 Å². The van der Waals surface area contributed by atoms with E-state index in [0.717, 1.165) is 4.90 Å². The highest BCUT2D eigenvalue weighted by Crippen LogP contribution is 2.27. The van der Waals surface area contributed by atoms with E-state index in [0.29, 0.717) is 18.8 Å². The van der Waals surface area contributed by atoms with Crippen molar-refractivity contribution < 1.29 is 8.78 Å². The molecule has 0 atom stereocenters. The molecule has 1 N–H and O–H groups in total. The molecular formula is C10H12F2N2. The normalized spacial score (nSPS) is 20.9. The number of rotatable bonds is 1. The van der Waals surface area contributed by atoms with E-state index in [9.17, 15) is 8.78 Å². The summed E-state index contributed by atoms with van der Waals surface area (Å²) in [5, 5.41) is 2.68. The zero-order valence-corrected chi connectivity index (χ0v) is 7.71. The lowest BCUT2D eigenvalue weighted by Crippen LogP contribution is -2.56. The molecule has 76 valence electrons. The Balaban J connectivity index is 2.24. The molecule has 0 aromatic heterocycles. The van der Waals surface area contributed by atoms with E-state index in [1.807, 2.05) is 6.07 Å². The molecule has 0 bridgehead atoms. The average Bonchev–Trinajstić information content (AvgIpc) is 2.18. The highest BCUT2D eigenvalue weighted by molar-refractivity contribution is 5.48. The summed E-state index contributed by atoms with van der Waals surface area (Å²) in [4.78, 5) is 1.14.